The van der Waals surface area contributed by atoms with Crippen LogP contribution in [0.4, 0.5) is 5.13 Å². The monoisotopic (exact) mass is 347 g/mol. The van der Waals surface area contributed by atoms with Gasteiger partial charge in [-0.2, -0.15) is 5.10 Å². The molecule has 0 fully saturated rings. The number of ether oxygens (including phenoxy) is 1. The van der Waals surface area contributed by atoms with Gasteiger partial charge >= 0.3 is 5.97 Å². The molecule has 0 unspecified atom stereocenters. The van der Waals surface area contributed by atoms with Crippen LogP contribution in [-0.4, -0.2) is 23.3 Å². The Morgan fingerprint density at radius 3 is 3.12 bits per heavy atom. The molecule has 0 bridgehead atoms. The van der Waals surface area contributed by atoms with E-state index >= 15 is 0 Å². The smallest absolute Gasteiger partial charge is 0.311 e. The summed E-state index contributed by atoms with van der Waals surface area (Å²) in [6.07, 6.45) is 3.67. The zero-order valence-corrected chi connectivity index (χ0v) is 14.9. The third-order valence-corrected chi connectivity index (χ3v) is 4.61. The molecule has 2 aromatic heterocycles. The van der Waals surface area contributed by atoms with Gasteiger partial charge in [0.05, 0.1) is 30.7 Å². The molecular weight excluding hydrogens is 326 g/mol. The van der Waals surface area contributed by atoms with Gasteiger partial charge < -0.3 is 9.15 Å². The van der Waals surface area contributed by atoms with Crippen LogP contribution >= 0.6 is 11.3 Å². The van der Waals surface area contributed by atoms with Gasteiger partial charge in [0, 0.05) is 17.4 Å². The number of nitrogens with one attached hydrogen (secondary N) is 1. The number of nitrogens with zero attached hydrogens (tertiary/aromatic N) is 2. The number of furan rings is 1. The summed E-state index contributed by atoms with van der Waals surface area (Å²) in [6, 6.07) is 1.96. The lowest BCUT2D eigenvalue weighted by Crippen LogP contribution is -2.27. The fourth-order valence-electron chi connectivity index (χ4n) is 2.79. The maximum absolute atomic E-state index is 11.5. The average Bonchev–Trinajstić information content (AvgIpc) is 3.13. The number of hydrogen-bond acceptors (Lipinski definition) is 7. The number of carbonyl (C=O) groups is 1. The van der Waals surface area contributed by atoms with Gasteiger partial charge in [-0.1, -0.05) is 13.8 Å². The van der Waals surface area contributed by atoms with Crippen LogP contribution in [0.15, 0.2) is 27.2 Å². The Balaban J connectivity index is 1.70. The van der Waals surface area contributed by atoms with Crippen molar-refractivity contribution in [1.29, 1.82) is 0 Å². The van der Waals surface area contributed by atoms with Crippen LogP contribution in [-0.2, 0) is 22.4 Å². The molecular formula is C17H21N3O3S. The Labute approximate surface area is 144 Å². The quantitative estimate of drug-likeness (QED) is 0.660. The lowest BCUT2D eigenvalue weighted by atomic mass is 9.76. The fourth-order valence-corrected chi connectivity index (χ4v) is 3.45. The molecule has 0 aliphatic heterocycles. The minimum Gasteiger partial charge on any atom is -0.469 e. The number of aromatic nitrogens is 1. The third-order valence-electron chi connectivity index (χ3n) is 3.81. The van der Waals surface area contributed by atoms with E-state index < -0.39 is 0 Å². The first-order valence-electron chi connectivity index (χ1n) is 7.96. The molecule has 1 N–H and O–H groups in total. The first-order chi connectivity index (χ1) is 11.5. The zero-order chi connectivity index (χ0) is 17.2. The van der Waals surface area contributed by atoms with Crippen molar-refractivity contribution in [2.75, 3.05) is 12.0 Å². The van der Waals surface area contributed by atoms with Crippen molar-refractivity contribution >= 4 is 28.1 Å². The minimum absolute atomic E-state index is 0.114. The largest absolute Gasteiger partial charge is 0.469 e. The fraction of sp³-hybridized carbons (Fsp3) is 0.471. The van der Waals surface area contributed by atoms with Gasteiger partial charge in [0.2, 0.25) is 5.13 Å². The Bertz CT molecular complexity index is 761. The molecule has 2 aromatic rings. The number of anilines is 1. The summed E-state index contributed by atoms with van der Waals surface area (Å²) in [6.45, 7) is 6.58. The number of hydrogen-bond donors (Lipinski definition) is 1. The van der Waals surface area contributed by atoms with Crippen molar-refractivity contribution in [3.05, 3.63) is 34.7 Å². The van der Waals surface area contributed by atoms with Gasteiger partial charge in [-0.15, -0.1) is 11.3 Å². The van der Waals surface area contributed by atoms with Crippen molar-refractivity contribution < 1.29 is 13.9 Å². The van der Waals surface area contributed by atoms with Crippen LogP contribution < -0.4 is 5.43 Å². The molecule has 0 aromatic carbocycles. The second-order valence-corrected chi connectivity index (χ2v) is 7.43. The van der Waals surface area contributed by atoms with Crippen molar-refractivity contribution in [2.45, 2.75) is 40.0 Å². The third kappa shape index (κ3) is 3.84. The predicted molar refractivity (Wildman–Crippen MR) is 93.4 cm³/mol. The SMILES string of the molecule is CCOC(=O)Cc1csc(N/N=C2/CC(C)(C)Cc3occc32)n1. The molecule has 6 nitrogen and oxygen atoms in total. The molecule has 1 aliphatic carbocycles. The van der Waals surface area contributed by atoms with Crippen molar-refractivity contribution in [1.82, 2.24) is 4.98 Å². The van der Waals surface area contributed by atoms with Crippen LogP contribution in [0.2, 0.25) is 0 Å². The van der Waals surface area contributed by atoms with Crippen molar-refractivity contribution in [3.8, 4) is 0 Å². The van der Waals surface area contributed by atoms with Crippen LogP contribution in [0.1, 0.15) is 44.2 Å². The molecule has 0 amide bonds. The highest BCUT2D eigenvalue weighted by molar-refractivity contribution is 7.13. The van der Waals surface area contributed by atoms with Crippen LogP contribution in [0, 0.1) is 5.41 Å². The molecule has 2 heterocycles. The van der Waals surface area contributed by atoms with Crippen LogP contribution in [0.25, 0.3) is 0 Å². The Hall–Kier alpha value is -2.15. The number of thiazole rings is 1. The molecule has 0 radical (unpaired) electrons. The summed E-state index contributed by atoms with van der Waals surface area (Å²) in [5.41, 5.74) is 5.84. The summed E-state index contributed by atoms with van der Waals surface area (Å²) < 4.78 is 10.5. The summed E-state index contributed by atoms with van der Waals surface area (Å²) in [5, 5.41) is 7.03. The molecule has 3 rings (SSSR count). The van der Waals surface area contributed by atoms with E-state index in [1.807, 2.05) is 11.4 Å². The summed E-state index contributed by atoms with van der Waals surface area (Å²) in [7, 11) is 0. The van der Waals surface area contributed by atoms with Crippen LogP contribution in [0.5, 0.6) is 0 Å². The van der Waals surface area contributed by atoms with Gasteiger partial charge in [-0.05, 0) is 24.8 Å². The Morgan fingerprint density at radius 2 is 2.33 bits per heavy atom. The number of esters is 1. The number of hydrazone groups is 1. The minimum atomic E-state index is -0.266. The second-order valence-electron chi connectivity index (χ2n) is 6.57. The summed E-state index contributed by atoms with van der Waals surface area (Å²) in [5.74, 6) is 0.715. The molecule has 0 saturated carbocycles. The molecule has 0 spiro atoms. The molecule has 24 heavy (non-hydrogen) atoms. The van der Waals surface area contributed by atoms with E-state index in [9.17, 15) is 4.79 Å². The second kappa shape index (κ2) is 6.76. The Morgan fingerprint density at radius 1 is 1.50 bits per heavy atom. The Kier molecular flexibility index (Phi) is 4.71. The summed E-state index contributed by atoms with van der Waals surface area (Å²) >= 11 is 1.42. The van der Waals surface area contributed by atoms with E-state index in [4.69, 9.17) is 9.15 Å². The number of carbonyl (C=O) groups excluding carboxylic acids is 1. The highest BCUT2D eigenvalue weighted by Crippen LogP contribution is 2.35. The highest BCUT2D eigenvalue weighted by Gasteiger charge is 2.31. The zero-order valence-electron chi connectivity index (χ0n) is 14.1. The average molecular weight is 347 g/mol. The highest BCUT2D eigenvalue weighted by atomic mass is 32.1. The van der Waals surface area contributed by atoms with Gasteiger partial charge in [-0.25, -0.2) is 4.98 Å². The standard InChI is InChI=1S/C17H21N3O3S/c1-4-22-15(21)7-11-10-24-16(18-11)20-19-13-8-17(2,3)9-14-12(13)5-6-23-14/h5-6,10H,4,7-9H2,1-3H3,(H,18,20)/b19-13-. The first-order valence-corrected chi connectivity index (χ1v) is 8.84. The van der Waals surface area contributed by atoms with E-state index in [0.29, 0.717) is 17.4 Å². The van der Waals surface area contributed by atoms with Gasteiger partial charge in [0.25, 0.3) is 0 Å². The van der Waals surface area contributed by atoms with Gasteiger partial charge in [0.15, 0.2) is 0 Å². The van der Waals surface area contributed by atoms with E-state index in [0.717, 1.165) is 29.9 Å². The van der Waals surface area contributed by atoms with E-state index in [1.165, 1.54) is 11.3 Å². The molecule has 0 atom stereocenters. The topological polar surface area (TPSA) is 76.7 Å². The maximum Gasteiger partial charge on any atom is 0.311 e. The maximum atomic E-state index is 11.5. The van der Waals surface area contributed by atoms with Crippen LogP contribution in [0.3, 0.4) is 0 Å². The molecule has 1 aliphatic rings. The molecule has 128 valence electrons. The number of rotatable bonds is 5. The summed E-state index contributed by atoms with van der Waals surface area (Å²) in [4.78, 5) is 15.9. The lowest BCUT2D eigenvalue weighted by Gasteiger charge is -2.29. The molecule has 0 saturated heterocycles. The van der Waals surface area contributed by atoms with Gasteiger partial charge in [0.1, 0.15) is 5.76 Å². The first kappa shape index (κ1) is 16.7. The van der Waals surface area contributed by atoms with E-state index in [-0.39, 0.29) is 17.8 Å². The normalized spacial score (nSPS) is 17.5. The van der Waals surface area contributed by atoms with E-state index in [2.05, 4.69) is 29.4 Å². The number of fused-ring (bicyclic) bond motifs is 1. The van der Waals surface area contributed by atoms with E-state index in [1.54, 1.807) is 13.2 Å². The molecule has 7 heteroatoms. The van der Waals surface area contributed by atoms with Crippen molar-refractivity contribution in [3.63, 3.8) is 0 Å². The lowest BCUT2D eigenvalue weighted by molar-refractivity contribution is -0.142. The van der Waals surface area contributed by atoms with Crippen molar-refractivity contribution in [2.24, 2.45) is 10.5 Å². The van der Waals surface area contributed by atoms with Gasteiger partial charge in [-0.3, -0.25) is 10.2 Å². The predicted octanol–water partition coefficient (Wildman–Crippen LogP) is 3.63.